The molecular weight excluding hydrogens is 314 g/mol. The monoisotopic (exact) mass is 337 g/mol. The second kappa shape index (κ2) is 7.83. The third-order valence-electron chi connectivity index (χ3n) is 4.16. The highest BCUT2D eigenvalue weighted by molar-refractivity contribution is 5.77. The number of fused-ring (bicyclic) bond motifs is 1. The number of para-hydroxylation sites is 3. The van der Waals surface area contributed by atoms with Crippen LogP contribution in [-0.2, 0) is 17.9 Å². The van der Waals surface area contributed by atoms with Gasteiger partial charge in [0.25, 0.3) is 0 Å². The number of aryl methyl sites for hydroxylation is 1. The van der Waals surface area contributed by atoms with Gasteiger partial charge in [-0.3, -0.25) is 4.79 Å². The van der Waals surface area contributed by atoms with Crippen molar-refractivity contribution in [1.29, 1.82) is 0 Å². The maximum atomic E-state index is 11.6. The lowest BCUT2D eigenvalue weighted by atomic mass is 10.2. The van der Waals surface area contributed by atoms with Gasteiger partial charge in [0.05, 0.1) is 24.1 Å². The van der Waals surface area contributed by atoms with Crippen molar-refractivity contribution in [3.05, 3.63) is 59.9 Å². The Hall–Kier alpha value is -2.82. The van der Waals surface area contributed by atoms with Crippen molar-refractivity contribution < 1.29 is 9.53 Å². The molecule has 1 aromatic heterocycles. The Balaban J connectivity index is 1.76. The third-order valence-corrected chi connectivity index (χ3v) is 4.16. The molecule has 5 heteroatoms. The number of amides is 1. The molecule has 1 heterocycles. The fraction of sp³-hybridized carbons (Fsp3) is 0.300. The van der Waals surface area contributed by atoms with Crippen molar-refractivity contribution in [2.24, 2.45) is 0 Å². The zero-order valence-corrected chi connectivity index (χ0v) is 14.7. The summed E-state index contributed by atoms with van der Waals surface area (Å²) in [5.74, 6) is 1.76. The molecule has 0 radical (unpaired) electrons. The van der Waals surface area contributed by atoms with Gasteiger partial charge in [0.2, 0.25) is 5.91 Å². The van der Waals surface area contributed by atoms with Gasteiger partial charge in [-0.15, -0.1) is 0 Å². The van der Waals surface area contributed by atoms with E-state index in [0.29, 0.717) is 26.1 Å². The summed E-state index contributed by atoms with van der Waals surface area (Å²) in [5, 5.41) is 2.90. The lowest BCUT2D eigenvalue weighted by Gasteiger charge is -2.12. The van der Waals surface area contributed by atoms with Crippen LogP contribution >= 0.6 is 0 Å². The molecule has 0 spiro atoms. The standard InChI is InChI=1S/C20H23N3O2/c1-3-20(24)21-14-19-22-16-9-5-6-10-17(16)23(19)12-13-25-18-11-7-4-8-15(18)2/h4-11H,3,12-14H2,1-2H3,(H,21,24). The summed E-state index contributed by atoms with van der Waals surface area (Å²) in [5.41, 5.74) is 3.10. The molecule has 1 amide bonds. The average molecular weight is 337 g/mol. The highest BCUT2D eigenvalue weighted by atomic mass is 16.5. The molecule has 3 rings (SSSR count). The molecule has 130 valence electrons. The SMILES string of the molecule is CCC(=O)NCc1nc2ccccc2n1CCOc1ccccc1C. The first-order valence-corrected chi connectivity index (χ1v) is 8.58. The molecule has 3 aromatic rings. The highest BCUT2D eigenvalue weighted by Gasteiger charge is 2.11. The summed E-state index contributed by atoms with van der Waals surface area (Å²) in [6, 6.07) is 16.0. The van der Waals surface area contributed by atoms with E-state index in [1.165, 1.54) is 0 Å². The minimum atomic E-state index is 0.0229. The van der Waals surface area contributed by atoms with Gasteiger partial charge < -0.3 is 14.6 Å². The van der Waals surface area contributed by atoms with Gasteiger partial charge in [-0.1, -0.05) is 37.3 Å². The molecule has 0 saturated heterocycles. The number of nitrogens with zero attached hydrogens (tertiary/aromatic N) is 2. The van der Waals surface area contributed by atoms with Crippen LogP contribution in [0.2, 0.25) is 0 Å². The minimum absolute atomic E-state index is 0.0229. The molecule has 2 aromatic carbocycles. The van der Waals surface area contributed by atoms with Gasteiger partial charge in [0.1, 0.15) is 18.2 Å². The Morgan fingerprint density at radius 1 is 1.16 bits per heavy atom. The number of hydrogen-bond donors (Lipinski definition) is 1. The molecule has 0 aliphatic rings. The van der Waals surface area contributed by atoms with Gasteiger partial charge in [-0.25, -0.2) is 4.98 Å². The number of benzene rings is 2. The van der Waals surface area contributed by atoms with Crippen LogP contribution in [0.15, 0.2) is 48.5 Å². The number of rotatable bonds is 7. The Bertz CT molecular complexity index is 870. The molecule has 0 saturated carbocycles. The molecule has 0 fully saturated rings. The number of ether oxygens (including phenoxy) is 1. The van der Waals surface area contributed by atoms with E-state index in [1.54, 1.807) is 0 Å². The van der Waals surface area contributed by atoms with Crippen LogP contribution in [-0.4, -0.2) is 22.1 Å². The van der Waals surface area contributed by atoms with Crippen molar-refractivity contribution in [3.8, 4) is 5.75 Å². The van der Waals surface area contributed by atoms with Crippen molar-refractivity contribution >= 4 is 16.9 Å². The van der Waals surface area contributed by atoms with E-state index >= 15 is 0 Å². The fourth-order valence-electron chi connectivity index (χ4n) is 2.78. The smallest absolute Gasteiger partial charge is 0.220 e. The van der Waals surface area contributed by atoms with Crippen LogP contribution in [0.3, 0.4) is 0 Å². The average Bonchev–Trinajstić information content (AvgIpc) is 2.99. The van der Waals surface area contributed by atoms with Gasteiger partial charge in [-0.2, -0.15) is 0 Å². The van der Waals surface area contributed by atoms with E-state index < -0.39 is 0 Å². The van der Waals surface area contributed by atoms with Crippen molar-refractivity contribution in [3.63, 3.8) is 0 Å². The summed E-state index contributed by atoms with van der Waals surface area (Å²) in [6.07, 6.45) is 0.469. The number of aromatic nitrogens is 2. The summed E-state index contributed by atoms with van der Waals surface area (Å²) < 4.78 is 8.04. The van der Waals surface area contributed by atoms with Gasteiger partial charge in [0, 0.05) is 6.42 Å². The maximum absolute atomic E-state index is 11.6. The summed E-state index contributed by atoms with van der Waals surface area (Å²) in [6.45, 7) is 5.51. The van der Waals surface area contributed by atoms with Crippen molar-refractivity contribution in [2.45, 2.75) is 33.4 Å². The molecule has 25 heavy (non-hydrogen) atoms. The van der Waals surface area contributed by atoms with E-state index in [9.17, 15) is 4.79 Å². The van der Waals surface area contributed by atoms with E-state index in [4.69, 9.17) is 4.74 Å². The molecule has 0 unspecified atom stereocenters. The Kier molecular flexibility index (Phi) is 5.33. The molecule has 1 N–H and O–H groups in total. The fourth-order valence-corrected chi connectivity index (χ4v) is 2.78. The zero-order valence-electron chi connectivity index (χ0n) is 14.7. The largest absolute Gasteiger partial charge is 0.491 e. The topological polar surface area (TPSA) is 56.2 Å². The molecule has 0 aliphatic carbocycles. The lowest BCUT2D eigenvalue weighted by Crippen LogP contribution is -2.24. The number of carbonyl (C=O) groups is 1. The number of imidazole rings is 1. The van der Waals surface area contributed by atoms with Gasteiger partial charge in [-0.05, 0) is 30.7 Å². The number of nitrogens with one attached hydrogen (secondary N) is 1. The van der Waals surface area contributed by atoms with Crippen LogP contribution in [0.5, 0.6) is 5.75 Å². The second-order valence-corrected chi connectivity index (χ2v) is 5.91. The van der Waals surface area contributed by atoms with E-state index in [2.05, 4.69) is 14.9 Å². The first kappa shape index (κ1) is 17.0. The van der Waals surface area contributed by atoms with Crippen LogP contribution in [0.4, 0.5) is 0 Å². The summed E-state index contributed by atoms with van der Waals surface area (Å²) >= 11 is 0. The van der Waals surface area contributed by atoms with Crippen molar-refractivity contribution in [1.82, 2.24) is 14.9 Å². The van der Waals surface area contributed by atoms with Gasteiger partial charge in [0.15, 0.2) is 0 Å². The predicted octanol–water partition coefficient (Wildman–Crippen LogP) is 3.45. The van der Waals surface area contributed by atoms with E-state index in [1.807, 2.05) is 62.4 Å². The summed E-state index contributed by atoms with van der Waals surface area (Å²) in [7, 11) is 0. The normalized spacial score (nSPS) is 10.8. The predicted molar refractivity (Wildman–Crippen MR) is 98.5 cm³/mol. The Morgan fingerprint density at radius 3 is 2.72 bits per heavy atom. The Morgan fingerprint density at radius 2 is 1.92 bits per heavy atom. The van der Waals surface area contributed by atoms with Crippen LogP contribution in [0, 0.1) is 6.92 Å². The van der Waals surface area contributed by atoms with Gasteiger partial charge >= 0.3 is 0 Å². The second-order valence-electron chi connectivity index (χ2n) is 5.91. The van der Waals surface area contributed by atoms with Crippen LogP contribution < -0.4 is 10.1 Å². The van der Waals surface area contributed by atoms with E-state index in [-0.39, 0.29) is 5.91 Å². The zero-order chi connectivity index (χ0) is 17.6. The molecule has 0 bridgehead atoms. The van der Waals surface area contributed by atoms with Crippen molar-refractivity contribution in [2.75, 3.05) is 6.61 Å². The lowest BCUT2D eigenvalue weighted by molar-refractivity contribution is -0.120. The quantitative estimate of drug-likeness (QED) is 0.718. The summed E-state index contributed by atoms with van der Waals surface area (Å²) in [4.78, 5) is 16.2. The molecular formula is C20H23N3O2. The maximum Gasteiger partial charge on any atom is 0.220 e. The molecule has 5 nitrogen and oxygen atoms in total. The molecule has 0 atom stereocenters. The first-order valence-electron chi connectivity index (χ1n) is 8.58. The van der Waals surface area contributed by atoms with Crippen LogP contribution in [0.1, 0.15) is 24.7 Å². The molecule has 0 aliphatic heterocycles. The van der Waals surface area contributed by atoms with E-state index in [0.717, 1.165) is 28.2 Å². The third kappa shape index (κ3) is 3.99. The number of carbonyl (C=O) groups excluding carboxylic acids is 1. The highest BCUT2D eigenvalue weighted by Crippen LogP contribution is 2.18. The minimum Gasteiger partial charge on any atom is -0.491 e. The Labute approximate surface area is 147 Å². The van der Waals surface area contributed by atoms with Crippen LogP contribution in [0.25, 0.3) is 11.0 Å². The number of hydrogen-bond acceptors (Lipinski definition) is 3. The first-order chi connectivity index (χ1) is 12.2.